The number of fused-ring (bicyclic) bond motifs is 2. The number of likely N-dealkylation sites (tertiary alicyclic amines) is 1. The number of carbonyl (C=O) groups excluding carboxylic acids is 1. The molecule has 4 atom stereocenters. The van der Waals surface area contributed by atoms with E-state index in [1.54, 1.807) is 6.92 Å². The van der Waals surface area contributed by atoms with Crippen LogP contribution in [-0.2, 0) is 9.53 Å². The van der Waals surface area contributed by atoms with Gasteiger partial charge in [-0.3, -0.25) is 9.69 Å². The van der Waals surface area contributed by atoms with Gasteiger partial charge in [-0.25, -0.2) is 0 Å². The van der Waals surface area contributed by atoms with Crippen molar-refractivity contribution in [3.8, 4) is 0 Å². The van der Waals surface area contributed by atoms with Gasteiger partial charge in [0.05, 0.1) is 12.1 Å². The summed E-state index contributed by atoms with van der Waals surface area (Å²) in [6, 6.07) is 0.412. The maximum atomic E-state index is 11.6. The molecule has 72 valence electrons. The molecule has 0 amide bonds. The van der Waals surface area contributed by atoms with Crippen molar-refractivity contribution >= 4 is 5.78 Å². The van der Waals surface area contributed by atoms with E-state index in [0.717, 1.165) is 13.0 Å². The van der Waals surface area contributed by atoms with Crippen molar-refractivity contribution in [2.45, 2.75) is 37.5 Å². The minimum Gasteiger partial charge on any atom is -0.368 e. The lowest BCUT2D eigenvalue weighted by molar-refractivity contribution is -0.123. The number of carbonyl (C=O) groups is 1. The smallest absolute Gasteiger partial charge is 0.150 e. The third-order valence-corrected chi connectivity index (χ3v) is 4.53. The monoisotopic (exact) mass is 181 g/mol. The molecule has 3 fully saturated rings. The first-order valence-electron chi connectivity index (χ1n) is 4.93. The van der Waals surface area contributed by atoms with Gasteiger partial charge in [-0.05, 0) is 27.3 Å². The minimum absolute atomic E-state index is 0.0560. The average Bonchev–Trinajstić information content (AvgIpc) is 2.93. The van der Waals surface area contributed by atoms with Crippen LogP contribution in [0.5, 0.6) is 0 Å². The Labute approximate surface area is 78.0 Å². The topological polar surface area (TPSA) is 32.8 Å². The number of piperidine rings is 1. The van der Waals surface area contributed by atoms with E-state index < -0.39 is 0 Å². The molecule has 0 radical (unpaired) electrons. The van der Waals surface area contributed by atoms with Crippen LogP contribution in [-0.4, -0.2) is 41.5 Å². The summed E-state index contributed by atoms with van der Waals surface area (Å²) < 4.78 is 5.57. The van der Waals surface area contributed by atoms with Crippen LogP contribution in [0.3, 0.4) is 0 Å². The van der Waals surface area contributed by atoms with Crippen molar-refractivity contribution in [2.75, 3.05) is 13.7 Å². The fourth-order valence-corrected chi connectivity index (χ4v) is 3.35. The standard InChI is InChI=1S/C10H15NO2/c1-6-10(5-13-10)8-4-9(8,7(2)12)11(6)3/h6,8H,4-5H2,1-3H3. The van der Waals surface area contributed by atoms with Crippen LogP contribution in [0.4, 0.5) is 0 Å². The second kappa shape index (κ2) is 1.84. The van der Waals surface area contributed by atoms with E-state index in [9.17, 15) is 4.79 Å². The molecule has 3 heteroatoms. The molecule has 2 aliphatic heterocycles. The fourth-order valence-electron chi connectivity index (χ4n) is 3.35. The molecule has 0 bridgehead atoms. The number of hydrogen-bond acceptors (Lipinski definition) is 3. The predicted octanol–water partition coefficient (Wildman–Crippen LogP) is 0.437. The number of likely N-dealkylation sites (N-methyl/N-ethyl adjacent to an activating group) is 1. The first kappa shape index (κ1) is 7.94. The van der Waals surface area contributed by atoms with E-state index in [4.69, 9.17) is 4.74 Å². The molecule has 3 nitrogen and oxygen atoms in total. The van der Waals surface area contributed by atoms with Crippen LogP contribution >= 0.6 is 0 Å². The fraction of sp³-hybridized carbons (Fsp3) is 0.900. The van der Waals surface area contributed by atoms with Crippen LogP contribution in [0.2, 0.25) is 0 Å². The molecule has 4 unspecified atom stereocenters. The summed E-state index contributed by atoms with van der Waals surface area (Å²) in [5, 5.41) is 0. The van der Waals surface area contributed by atoms with Crippen molar-refractivity contribution in [1.82, 2.24) is 4.90 Å². The second-order valence-electron chi connectivity index (χ2n) is 4.77. The molecule has 13 heavy (non-hydrogen) atoms. The zero-order chi connectivity index (χ0) is 9.43. The van der Waals surface area contributed by atoms with E-state index in [0.29, 0.717) is 17.7 Å². The van der Waals surface area contributed by atoms with Gasteiger partial charge in [0.1, 0.15) is 11.4 Å². The number of nitrogens with zero attached hydrogens (tertiary/aromatic N) is 1. The zero-order valence-electron chi connectivity index (χ0n) is 8.33. The summed E-state index contributed by atoms with van der Waals surface area (Å²) in [6.45, 7) is 4.74. The number of ether oxygens (including phenoxy) is 1. The van der Waals surface area contributed by atoms with Gasteiger partial charge in [0.25, 0.3) is 0 Å². The van der Waals surface area contributed by atoms with Crippen LogP contribution in [0.1, 0.15) is 20.3 Å². The Morgan fingerprint density at radius 1 is 1.62 bits per heavy atom. The van der Waals surface area contributed by atoms with Crippen molar-refractivity contribution < 1.29 is 9.53 Å². The molecule has 3 aliphatic rings. The lowest BCUT2D eigenvalue weighted by Gasteiger charge is -2.27. The van der Waals surface area contributed by atoms with Gasteiger partial charge in [0.15, 0.2) is 0 Å². The van der Waals surface area contributed by atoms with Gasteiger partial charge in [-0.15, -0.1) is 0 Å². The van der Waals surface area contributed by atoms with E-state index in [2.05, 4.69) is 18.9 Å². The molecule has 0 aromatic carbocycles. The number of Topliss-reactive ketones (excluding diaryl/α,β-unsaturated/α-hetero) is 1. The first-order chi connectivity index (χ1) is 6.06. The number of epoxide rings is 1. The molecule has 2 saturated heterocycles. The van der Waals surface area contributed by atoms with Crippen LogP contribution < -0.4 is 0 Å². The summed E-state index contributed by atoms with van der Waals surface area (Å²) in [5.41, 5.74) is -0.0870. The third-order valence-electron chi connectivity index (χ3n) is 4.53. The molecule has 0 N–H and O–H groups in total. The SMILES string of the molecule is CC(=O)C12CC1C1(CO1)C(C)N2C. The van der Waals surface area contributed by atoms with Gasteiger partial charge >= 0.3 is 0 Å². The zero-order valence-corrected chi connectivity index (χ0v) is 8.33. The number of ketones is 1. The van der Waals surface area contributed by atoms with E-state index in [1.165, 1.54) is 0 Å². The summed E-state index contributed by atoms with van der Waals surface area (Å²) in [4.78, 5) is 13.8. The lowest BCUT2D eigenvalue weighted by Crippen LogP contribution is -2.43. The highest BCUT2D eigenvalue weighted by molar-refractivity contribution is 5.91. The Hall–Kier alpha value is -0.410. The highest BCUT2D eigenvalue weighted by atomic mass is 16.6. The minimum atomic E-state index is -0.143. The molecule has 1 spiro atoms. The summed E-state index contributed by atoms with van der Waals surface area (Å²) in [7, 11) is 2.06. The van der Waals surface area contributed by atoms with Gasteiger partial charge in [-0.1, -0.05) is 0 Å². The number of hydrogen-bond donors (Lipinski definition) is 0. The van der Waals surface area contributed by atoms with E-state index in [-0.39, 0.29) is 11.1 Å². The third kappa shape index (κ3) is 0.616. The summed E-state index contributed by atoms with van der Waals surface area (Å²) in [5.74, 6) is 0.803. The predicted molar refractivity (Wildman–Crippen MR) is 47.4 cm³/mol. The van der Waals surface area contributed by atoms with Crippen molar-refractivity contribution in [3.05, 3.63) is 0 Å². The van der Waals surface area contributed by atoms with E-state index >= 15 is 0 Å². The molecule has 3 rings (SSSR count). The second-order valence-corrected chi connectivity index (χ2v) is 4.77. The van der Waals surface area contributed by atoms with E-state index in [1.807, 2.05) is 0 Å². The Morgan fingerprint density at radius 3 is 2.54 bits per heavy atom. The lowest BCUT2D eigenvalue weighted by atomic mass is 9.99. The molecular formula is C10H15NO2. The number of rotatable bonds is 1. The Balaban J connectivity index is 2.02. The van der Waals surface area contributed by atoms with Gasteiger partial charge in [0.2, 0.25) is 0 Å². The molecule has 2 heterocycles. The van der Waals surface area contributed by atoms with Crippen molar-refractivity contribution in [1.29, 1.82) is 0 Å². The molecular weight excluding hydrogens is 166 g/mol. The summed E-state index contributed by atoms with van der Waals surface area (Å²) >= 11 is 0. The molecule has 1 aliphatic carbocycles. The maximum absolute atomic E-state index is 11.6. The largest absolute Gasteiger partial charge is 0.368 e. The maximum Gasteiger partial charge on any atom is 0.150 e. The van der Waals surface area contributed by atoms with Gasteiger partial charge in [0, 0.05) is 12.0 Å². The van der Waals surface area contributed by atoms with Crippen molar-refractivity contribution in [3.63, 3.8) is 0 Å². The normalized spacial score (nSPS) is 58.1. The first-order valence-corrected chi connectivity index (χ1v) is 4.93. The highest BCUT2D eigenvalue weighted by Crippen LogP contribution is 2.67. The Bertz CT molecular complexity index is 293. The molecule has 1 saturated carbocycles. The molecule has 0 aromatic rings. The summed E-state index contributed by atoms with van der Waals surface area (Å²) in [6.07, 6.45) is 1.02. The van der Waals surface area contributed by atoms with Crippen molar-refractivity contribution in [2.24, 2.45) is 5.92 Å². The van der Waals surface area contributed by atoms with Crippen LogP contribution in [0.25, 0.3) is 0 Å². The van der Waals surface area contributed by atoms with Gasteiger partial charge in [-0.2, -0.15) is 0 Å². The van der Waals surface area contributed by atoms with Crippen LogP contribution in [0, 0.1) is 5.92 Å². The quantitative estimate of drug-likeness (QED) is 0.550. The Morgan fingerprint density at radius 2 is 2.23 bits per heavy atom. The Kier molecular flexibility index (Phi) is 1.12. The van der Waals surface area contributed by atoms with Crippen LogP contribution in [0.15, 0.2) is 0 Å². The highest BCUT2D eigenvalue weighted by Gasteiger charge is 2.81. The molecule has 0 aromatic heterocycles. The van der Waals surface area contributed by atoms with Gasteiger partial charge < -0.3 is 4.74 Å². The average molecular weight is 181 g/mol.